The molecular weight excluding hydrogens is 482 g/mol. The Morgan fingerprint density at radius 2 is 0.970 bits per heavy atom. The maximum absolute atomic E-state index is 4.07. The van der Waals surface area contributed by atoms with E-state index in [9.17, 15) is 0 Å². The third-order valence-electron chi connectivity index (χ3n) is 6.24. The maximum atomic E-state index is 4.07. The summed E-state index contributed by atoms with van der Waals surface area (Å²) in [5, 5.41) is 2.42. The van der Waals surface area contributed by atoms with Crippen LogP contribution in [0, 0.1) is 0 Å². The zero-order chi connectivity index (χ0) is 22.4. The number of fused-ring (bicyclic) bond motifs is 3. The van der Waals surface area contributed by atoms with E-state index in [-0.39, 0.29) is 0 Å². The quantitative estimate of drug-likeness (QED) is 0.214. The molecule has 1 heterocycles. The summed E-state index contributed by atoms with van der Waals surface area (Å²) in [6, 6.07) is 40.6. The lowest BCUT2D eigenvalue weighted by Gasteiger charge is -2.21. The van der Waals surface area contributed by atoms with Crippen LogP contribution in [0.5, 0.6) is 0 Å². The third-order valence-corrected chi connectivity index (χ3v) is 7.50. The summed E-state index contributed by atoms with van der Waals surface area (Å²) in [7, 11) is 3.98. The van der Waals surface area contributed by atoms with Crippen molar-refractivity contribution in [1.82, 2.24) is 4.23 Å². The van der Waals surface area contributed by atoms with Crippen molar-refractivity contribution in [2.45, 2.75) is 0 Å². The Balaban J connectivity index is 1.93. The minimum absolute atomic E-state index is 1.11. The molecule has 155 valence electrons. The average molecular weight is 501 g/mol. The van der Waals surface area contributed by atoms with Crippen molar-refractivity contribution < 1.29 is 0 Å². The molecule has 33 heavy (non-hydrogen) atoms. The molecule has 0 aliphatic carbocycles. The van der Waals surface area contributed by atoms with E-state index < -0.39 is 0 Å². The van der Waals surface area contributed by atoms with Gasteiger partial charge in [0.05, 0.1) is 5.52 Å². The van der Waals surface area contributed by atoms with Gasteiger partial charge >= 0.3 is 0 Å². The highest BCUT2D eigenvalue weighted by molar-refractivity contribution is 9.10. The number of halogens is 1. The molecule has 0 bridgehead atoms. The van der Waals surface area contributed by atoms with Crippen LogP contribution in [0.15, 0.2) is 120 Å². The molecule has 0 aliphatic rings. The monoisotopic (exact) mass is 500 g/mol. The van der Waals surface area contributed by atoms with Crippen LogP contribution in [0.2, 0.25) is 0 Å². The summed E-state index contributed by atoms with van der Waals surface area (Å²) < 4.78 is 3.26. The van der Waals surface area contributed by atoms with Gasteiger partial charge in [0.1, 0.15) is 0 Å². The molecule has 0 saturated heterocycles. The molecular formula is C30H19BrNSi. The number of benzene rings is 5. The van der Waals surface area contributed by atoms with Gasteiger partial charge in [-0.25, -0.2) is 0 Å². The van der Waals surface area contributed by atoms with Gasteiger partial charge in [-0.15, -0.1) is 0 Å². The fourth-order valence-electron chi connectivity index (χ4n) is 4.83. The maximum Gasteiger partial charge on any atom is 0.196 e. The molecule has 5 aromatic carbocycles. The fraction of sp³-hybridized carbons (Fsp3) is 0. The Bertz CT molecular complexity index is 1600. The first-order valence-electron chi connectivity index (χ1n) is 10.9. The lowest BCUT2D eigenvalue weighted by atomic mass is 9.85. The van der Waals surface area contributed by atoms with Crippen LogP contribution in [0.1, 0.15) is 0 Å². The van der Waals surface area contributed by atoms with Crippen LogP contribution >= 0.6 is 15.9 Å². The Kier molecular flexibility index (Phi) is 5.01. The summed E-state index contributed by atoms with van der Waals surface area (Å²) in [6.07, 6.45) is 0. The van der Waals surface area contributed by atoms with E-state index in [4.69, 9.17) is 0 Å². The predicted molar refractivity (Wildman–Crippen MR) is 145 cm³/mol. The van der Waals surface area contributed by atoms with Gasteiger partial charge in [0.15, 0.2) is 10.4 Å². The lowest BCUT2D eigenvalue weighted by Crippen LogP contribution is -1.98. The van der Waals surface area contributed by atoms with Crippen molar-refractivity contribution in [1.29, 1.82) is 0 Å². The van der Waals surface area contributed by atoms with E-state index in [1.165, 1.54) is 44.2 Å². The molecule has 0 spiro atoms. The Morgan fingerprint density at radius 1 is 0.515 bits per heavy atom. The molecule has 0 amide bonds. The van der Waals surface area contributed by atoms with Gasteiger partial charge in [-0.3, -0.25) is 0 Å². The number of hydrogen-bond acceptors (Lipinski definition) is 0. The highest BCUT2D eigenvalue weighted by atomic mass is 79.9. The molecule has 0 N–H and O–H groups in total. The molecule has 3 radical (unpaired) electrons. The molecule has 1 aromatic heterocycles. The highest BCUT2D eigenvalue weighted by Crippen LogP contribution is 2.51. The summed E-state index contributed by atoms with van der Waals surface area (Å²) >= 11 is 4.07. The van der Waals surface area contributed by atoms with E-state index in [2.05, 4.69) is 146 Å². The predicted octanol–water partition coefficient (Wildman–Crippen LogP) is 8.49. The molecule has 0 aliphatic heterocycles. The zero-order valence-electron chi connectivity index (χ0n) is 17.8. The van der Waals surface area contributed by atoms with E-state index in [0.717, 1.165) is 15.5 Å². The van der Waals surface area contributed by atoms with Crippen molar-refractivity contribution in [3.05, 3.63) is 120 Å². The Hall–Kier alpha value is -3.40. The van der Waals surface area contributed by atoms with Crippen LogP contribution in [0.25, 0.3) is 55.2 Å². The molecule has 6 aromatic rings. The third kappa shape index (κ3) is 3.19. The first-order valence-corrected chi connectivity index (χ1v) is 12.2. The summed E-state index contributed by atoms with van der Waals surface area (Å²) in [5.74, 6) is 0. The average Bonchev–Trinajstić information content (AvgIpc) is 3.18. The second-order valence-corrected chi connectivity index (χ2v) is 9.35. The number of aromatic nitrogens is 1. The standard InChI is InChI=1S/C30H19BrNSi/c31-29-26(21-14-6-2-7-15-21)25(20-12-4-1-5-13-20)27(22-16-8-3-9-17-22)30-28(29)23-18-10-11-19-24(23)32(30)33/h1-19H. The van der Waals surface area contributed by atoms with Crippen LogP contribution in [-0.2, 0) is 0 Å². The fourth-order valence-corrected chi connectivity index (χ4v) is 6.08. The minimum atomic E-state index is 1.11. The number of hydrogen-bond donors (Lipinski definition) is 0. The number of rotatable bonds is 3. The van der Waals surface area contributed by atoms with Crippen LogP contribution < -0.4 is 0 Å². The van der Waals surface area contributed by atoms with Gasteiger partial charge in [0, 0.05) is 37.5 Å². The van der Waals surface area contributed by atoms with Crippen LogP contribution in [0.4, 0.5) is 0 Å². The van der Waals surface area contributed by atoms with Gasteiger partial charge in [-0.1, -0.05) is 109 Å². The number of para-hydroxylation sites is 1. The summed E-state index contributed by atoms with van der Waals surface area (Å²) in [6.45, 7) is 0. The Morgan fingerprint density at radius 3 is 1.55 bits per heavy atom. The van der Waals surface area contributed by atoms with Gasteiger partial charge in [0.2, 0.25) is 0 Å². The second-order valence-electron chi connectivity index (χ2n) is 8.11. The van der Waals surface area contributed by atoms with Gasteiger partial charge in [0.25, 0.3) is 0 Å². The first kappa shape index (κ1) is 20.2. The number of nitrogens with zero attached hydrogens (tertiary/aromatic N) is 1. The molecule has 0 atom stereocenters. The molecule has 0 saturated carbocycles. The first-order chi connectivity index (χ1) is 16.3. The topological polar surface area (TPSA) is 4.93 Å². The van der Waals surface area contributed by atoms with Gasteiger partial charge in [-0.2, -0.15) is 0 Å². The normalized spacial score (nSPS) is 11.3. The van der Waals surface area contributed by atoms with E-state index >= 15 is 0 Å². The van der Waals surface area contributed by atoms with Crippen molar-refractivity contribution >= 4 is 48.1 Å². The smallest absolute Gasteiger partial charge is 0.196 e. The van der Waals surface area contributed by atoms with E-state index in [1.807, 2.05) is 0 Å². The van der Waals surface area contributed by atoms with Crippen LogP contribution in [-0.4, -0.2) is 14.6 Å². The second kappa shape index (κ2) is 8.18. The summed E-state index contributed by atoms with van der Waals surface area (Å²) in [5.41, 5.74) is 9.50. The molecule has 3 heteroatoms. The molecule has 0 fully saturated rings. The van der Waals surface area contributed by atoms with Crippen molar-refractivity contribution in [2.75, 3.05) is 0 Å². The highest BCUT2D eigenvalue weighted by Gasteiger charge is 2.25. The zero-order valence-corrected chi connectivity index (χ0v) is 20.4. The van der Waals surface area contributed by atoms with Crippen molar-refractivity contribution in [3.8, 4) is 33.4 Å². The van der Waals surface area contributed by atoms with Crippen molar-refractivity contribution in [3.63, 3.8) is 0 Å². The van der Waals surface area contributed by atoms with E-state index in [1.54, 1.807) is 0 Å². The largest absolute Gasteiger partial charge is 0.369 e. The van der Waals surface area contributed by atoms with Crippen molar-refractivity contribution in [2.24, 2.45) is 0 Å². The molecule has 1 nitrogen and oxygen atoms in total. The lowest BCUT2D eigenvalue weighted by molar-refractivity contribution is 1.39. The minimum Gasteiger partial charge on any atom is -0.369 e. The van der Waals surface area contributed by atoms with Gasteiger partial charge < -0.3 is 4.23 Å². The van der Waals surface area contributed by atoms with Crippen LogP contribution in [0.3, 0.4) is 0 Å². The Labute approximate surface area is 205 Å². The summed E-state index contributed by atoms with van der Waals surface area (Å²) in [4.78, 5) is 0. The molecule has 0 unspecified atom stereocenters. The van der Waals surface area contributed by atoms with Gasteiger partial charge in [-0.05, 0) is 38.7 Å². The SMILES string of the molecule is [Si]n1c2ccccc2c2c(Br)c(-c3ccccc3)c(-c3ccccc3)c(-c3ccccc3)c21. The van der Waals surface area contributed by atoms with E-state index in [0.29, 0.717) is 0 Å². The molecule has 6 rings (SSSR count).